The van der Waals surface area contributed by atoms with Crippen LogP contribution in [0.4, 0.5) is 0 Å². The fourth-order valence-electron chi connectivity index (χ4n) is 1.97. The molecule has 0 aliphatic carbocycles. The van der Waals surface area contributed by atoms with E-state index < -0.39 is 0 Å². The van der Waals surface area contributed by atoms with Gasteiger partial charge in [0.1, 0.15) is 0 Å². The SMILES string of the molecule is CC(C)CCCNC(=O)/C=C/c1ccc2c(c1)OCO2. The van der Waals surface area contributed by atoms with Crippen molar-refractivity contribution in [2.75, 3.05) is 13.3 Å². The molecule has 4 heteroatoms. The summed E-state index contributed by atoms with van der Waals surface area (Å²) in [5.41, 5.74) is 0.923. The van der Waals surface area contributed by atoms with Crippen molar-refractivity contribution >= 4 is 12.0 Å². The minimum atomic E-state index is -0.0635. The average Bonchev–Trinajstić information content (AvgIpc) is 2.88. The summed E-state index contributed by atoms with van der Waals surface area (Å²) in [6.07, 6.45) is 5.47. The highest BCUT2D eigenvalue weighted by atomic mass is 16.7. The largest absolute Gasteiger partial charge is 0.454 e. The van der Waals surface area contributed by atoms with E-state index in [0.29, 0.717) is 5.92 Å². The molecule has 4 nitrogen and oxygen atoms in total. The average molecular weight is 275 g/mol. The molecule has 1 heterocycles. The smallest absolute Gasteiger partial charge is 0.243 e. The van der Waals surface area contributed by atoms with Gasteiger partial charge >= 0.3 is 0 Å². The van der Waals surface area contributed by atoms with Crippen molar-refractivity contribution in [2.45, 2.75) is 26.7 Å². The first kappa shape index (κ1) is 14.4. The number of amides is 1. The van der Waals surface area contributed by atoms with Gasteiger partial charge in [-0.25, -0.2) is 0 Å². The maximum Gasteiger partial charge on any atom is 0.243 e. The Balaban J connectivity index is 1.79. The fraction of sp³-hybridized carbons (Fsp3) is 0.438. The lowest BCUT2D eigenvalue weighted by molar-refractivity contribution is -0.116. The summed E-state index contributed by atoms with van der Waals surface area (Å²) in [6.45, 7) is 5.35. The molecule has 0 aromatic heterocycles. The van der Waals surface area contributed by atoms with Gasteiger partial charge in [-0.05, 0) is 42.5 Å². The van der Waals surface area contributed by atoms with Gasteiger partial charge in [0.2, 0.25) is 12.7 Å². The lowest BCUT2D eigenvalue weighted by Crippen LogP contribution is -2.22. The number of hydrogen-bond donors (Lipinski definition) is 1. The van der Waals surface area contributed by atoms with E-state index in [1.807, 2.05) is 18.2 Å². The number of nitrogens with one attached hydrogen (secondary N) is 1. The van der Waals surface area contributed by atoms with E-state index >= 15 is 0 Å². The molecular weight excluding hydrogens is 254 g/mol. The number of ether oxygens (including phenoxy) is 2. The molecule has 0 saturated heterocycles. The van der Waals surface area contributed by atoms with Crippen LogP contribution in [-0.2, 0) is 4.79 Å². The summed E-state index contributed by atoms with van der Waals surface area (Å²) in [4.78, 5) is 11.6. The Labute approximate surface area is 119 Å². The first-order valence-corrected chi connectivity index (χ1v) is 7.00. The van der Waals surface area contributed by atoms with E-state index in [2.05, 4.69) is 19.2 Å². The second-order valence-electron chi connectivity index (χ2n) is 5.27. The van der Waals surface area contributed by atoms with Gasteiger partial charge in [-0.1, -0.05) is 19.9 Å². The zero-order chi connectivity index (χ0) is 14.4. The lowest BCUT2D eigenvalue weighted by atomic mass is 10.1. The lowest BCUT2D eigenvalue weighted by Gasteiger charge is -2.04. The standard InChI is InChI=1S/C16H21NO3/c1-12(2)4-3-9-17-16(18)8-6-13-5-7-14-15(10-13)20-11-19-14/h5-8,10,12H,3-4,9,11H2,1-2H3,(H,17,18)/b8-6+. The molecule has 1 aliphatic heterocycles. The monoisotopic (exact) mass is 275 g/mol. The Morgan fingerprint density at radius 2 is 2.15 bits per heavy atom. The van der Waals surface area contributed by atoms with Crippen molar-refractivity contribution in [3.8, 4) is 11.5 Å². The second kappa shape index (κ2) is 6.98. The zero-order valence-corrected chi connectivity index (χ0v) is 12.0. The molecule has 1 N–H and O–H groups in total. The third-order valence-electron chi connectivity index (χ3n) is 3.08. The Morgan fingerprint density at radius 1 is 1.35 bits per heavy atom. The minimum absolute atomic E-state index is 0.0635. The molecule has 1 aliphatic rings. The number of rotatable bonds is 6. The highest BCUT2D eigenvalue weighted by Gasteiger charge is 2.12. The molecule has 2 rings (SSSR count). The molecule has 0 spiro atoms. The summed E-state index contributed by atoms with van der Waals surface area (Å²) in [6, 6.07) is 5.61. The third kappa shape index (κ3) is 4.30. The molecule has 1 aromatic rings. The first-order chi connectivity index (χ1) is 9.65. The second-order valence-corrected chi connectivity index (χ2v) is 5.27. The normalized spacial score (nSPS) is 13.2. The van der Waals surface area contributed by atoms with E-state index in [9.17, 15) is 4.79 Å². The van der Waals surface area contributed by atoms with Crippen molar-refractivity contribution in [3.05, 3.63) is 29.8 Å². The molecule has 108 valence electrons. The Kier molecular flexibility index (Phi) is 5.04. The maximum absolute atomic E-state index is 11.6. The van der Waals surface area contributed by atoms with Crippen molar-refractivity contribution in [2.24, 2.45) is 5.92 Å². The highest BCUT2D eigenvalue weighted by Crippen LogP contribution is 2.32. The van der Waals surface area contributed by atoms with Crippen LogP contribution < -0.4 is 14.8 Å². The number of hydrogen-bond acceptors (Lipinski definition) is 3. The van der Waals surface area contributed by atoms with E-state index in [4.69, 9.17) is 9.47 Å². The zero-order valence-electron chi connectivity index (χ0n) is 12.0. The maximum atomic E-state index is 11.6. The van der Waals surface area contributed by atoms with Crippen LogP contribution in [0.5, 0.6) is 11.5 Å². The summed E-state index contributed by atoms with van der Waals surface area (Å²) < 4.78 is 10.5. The summed E-state index contributed by atoms with van der Waals surface area (Å²) in [5.74, 6) is 2.09. The molecular formula is C16H21NO3. The molecule has 1 aromatic carbocycles. The van der Waals surface area contributed by atoms with Gasteiger partial charge in [0.15, 0.2) is 11.5 Å². The van der Waals surface area contributed by atoms with Crippen LogP contribution in [-0.4, -0.2) is 19.2 Å². The third-order valence-corrected chi connectivity index (χ3v) is 3.08. The molecule has 0 saturated carbocycles. The van der Waals surface area contributed by atoms with E-state index in [-0.39, 0.29) is 12.7 Å². The predicted octanol–water partition coefficient (Wildman–Crippen LogP) is 2.98. The highest BCUT2D eigenvalue weighted by molar-refractivity contribution is 5.91. The number of benzene rings is 1. The van der Waals surface area contributed by atoms with Gasteiger partial charge in [-0.2, -0.15) is 0 Å². The van der Waals surface area contributed by atoms with Crippen molar-refractivity contribution < 1.29 is 14.3 Å². The van der Waals surface area contributed by atoms with Crippen LogP contribution in [0.1, 0.15) is 32.3 Å². The first-order valence-electron chi connectivity index (χ1n) is 7.00. The van der Waals surface area contributed by atoms with Crippen LogP contribution >= 0.6 is 0 Å². The van der Waals surface area contributed by atoms with E-state index in [1.54, 1.807) is 12.2 Å². The van der Waals surface area contributed by atoms with Gasteiger partial charge in [0.05, 0.1) is 0 Å². The number of fused-ring (bicyclic) bond motifs is 1. The quantitative estimate of drug-likeness (QED) is 0.641. The summed E-state index contributed by atoms with van der Waals surface area (Å²) in [7, 11) is 0. The Hall–Kier alpha value is -1.97. The van der Waals surface area contributed by atoms with Gasteiger partial charge < -0.3 is 14.8 Å². The minimum Gasteiger partial charge on any atom is -0.454 e. The number of carbonyl (C=O) groups is 1. The number of carbonyl (C=O) groups excluding carboxylic acids is 1. The molecule has 0 fully saturated rings. The van der Waals surface area contributed by atoms with Crippen LogP contribution in [0.25, 0.3) is 6.08 Å². The summed E-state index contributed by atoms with van der Waals surface area (Å²) in [5, 5.41) is 2.88. The van der Waals surface area contributed by atoms with Gasteiger partial charge in [0.25, 0.3) is 0 Å². The van der Waals surface area contributed by atoms with E-state index in [1.165, 1.54) is 0 Å². The van der Waals surface area contributed by atoms with Crippen molar-refractivity contribution in [3.63, 3.8) is 0 Å². The molecule has 1 amide bonds. The topological polar surface area (TPSA) is 47.6 Å². The Bertz CT molecular complexity index is 494. The van der Waals surface area contributed by atoms with Gasteiger partial charge in [-0.3, -0.25) is 4.79 Å². The van der Waals surface area contributed by atoms with Crippen molar-refractivity contribution in [1.82, 2.24) is 5.32 Å². The van der Waals surface area contributed by atoms with Crippen LogP contribution in [0.15, 0.2) is 24.3 Å². The van der Waals surface area contributed by atoms with Gasteiger partial charge in [0, 0.05) is 12.6 Å². The van der Waals surface area contributed by atoms with Crippen LogP contribution in [0, 0.1) is 5.92 Å². The van der Waals surface area contributed by atoms with Crippen LogP contribution in [0.3, 0.4) is 0 Å². The van der Waals surface area contributed by atoms with Gasteiger partial charge in [-0.15, -0.1) is 0 Å². The molecule has 0 atom stereocenters. The molecule has 0 unspecified atom stereocenters. The van der Waals surface area contributed by atoms with E-state index in [0.717, 1.165) is 36.4 Å². The molecule has 0 radical (unpaired) electrons. The fourth-order valence-corrected chi connectivity index (χ4v) is 1.97. The molecule has 20 heavy (non-hydrogen) atoms. The van der Waals surface area contributed by atoms with Crippen molar-refractivity contribution in [1.29, 1.82) is 0 Å². The predicted molar refractivity (Wildman–Crippen MR) is 78.7 cm³/mol. The summed E-state index contributed by atoms with van der Waals surface area (Å²) >= 11 is 0. The molecule has 0 bridgehead atoms. The van der Waals surface area contributed by atoms with Crippen LogP contribution in [0.2, 0.25) is 0 Å². The Morgan fingerprint density at radius 3 is 2.95 bits per heavy atom.